The number of hydrogen-bond acceptors (Lipinski definition) is 1. The van der Waals surface area contributed by atoms with Crippen LogP contribution in [0.25, 0.3) is 10.8 Å². The van der Waals surface area contributed by atoms with Crippen LogP contribution in [0.15, 0.2) is 54.6 Å². The van der Waals surface area contributed by atoms with E-state index in [4.69, 9.17) is 0 Å². The molecule has 0 fully saturated rings. The normalized spacial score (nSPS) is 10.6. The summed E-state index contributed by atoms with van der Waals surface area (Å²) < 4.78 is 39.5. The van der Waals surface area contributed by atoms with E-state index in [-0.39, 0.29) is 0 Å². The van der Waals surface area contributed by atoms with Crippen LogP contribution in [0.5, 0.6) is 0 Å². The maximum atomic E-state index is 13.5. The highest BCUT2D eigenvalue weighted by Gasteiger charge is 2.15. The molecule has 0 saturated heterocycles. The van der Waals surface area contributed by atoms with E-state index in [0.717, 1.165) is 22.9 Å². The Morgan fingerprint density at radius 3 is 2.30 bits per heavy atom. The molecule has 0 heterocycles. The van der Waals surface area contributed by atoms with E-state index in [1.54, 1.807) is 12.1 Å². The lowest BCUT2D eigenvalue weighted by Crippen LogP contribution is -2.20. The molecule has 0 aliphatic rings. The number of hydrogen-bond donors (Lipinski definition) is 2. The van der Waals surface area contributed by atoms with Gasteiger partial charge >= 0.3 is 6.03 Å². The monoisotopic (exact) mass is 316 g/mol. The maximum absolute atomic E-state index is 13.5. The minimum absolute atomic E-state index is 0.442. The van der Waals surface area contributed by atoms with Gasteiger partial charge in [0, 0.05) is 5.69 Å². The van der Waals surface area contributed by atoms with Gasteiger partial charge in [-0.15, -0.1) is 0 Å². The Hall–Kier alpha value is -3.02. The van der Waals surface area contributed by atoms with Crippen molar-refractivity contribution < 1.29 is 18.0 Å². The Bertz CT molecular complexity index is 896. The second-order valence-electron chi connectivity index (χ2n) is 4.86. The van der Waals surface area contributed by atoms with Crippen molar-refractivity contribution in [2.75, 3.05) is 10.6 Å². The summed E-state index contributed by atoms with van der Waals surface area (Å²) in [6, 6.07) is 13.8. The summed E-state index contributed by atoms with van der Waals surface area (Å²) in [6.45, 7) is 0. The topological polar surface area (TPSA) is 41.1 Å². The molecule has 116 valence electrons. The largest absolute Gasteiger partial charge is 0.323 e. The molecule has 0 aliphatic heterocycles. The smallest absolute Gasteiger partial charge is 0.308 e. The number of amides is 2. The third-order valence-corrected chi connectivity index (χ3v) is 3.29. The number of carbonyl (C=O) groups excluding carboxylic acids is 1. The number of benzene rings is 3. The maximum Gasteiger partial charge on any atom is 0.323 e. The summed E-state index contributed by atoms with van der Waals surface area (Å²) in [5.74, 6) is -4.39. The fourth-order valence-electron chi connectivity index (χ4n) is 2.17. The molecule has 3 aromatic rings. The standard InChI is InChI=1S/C17H11F3N2O/c18-13-7-8-14(16(20)15(13)19)22-17(23)21-12-6-5-10-3-1-2-4-11(10)9-12/h1-9H,(H2,21,22,23). The van der Waals surface area contributed by atoms with Crippen molar-refractivity contribution in [2.24, 2.45) is 0 Å². The van der Waals surface area contributed by atoms with Gasteiger partial charge in [0.25, 0.3) is 0 Å². The molecule has 0 aliphatic carbocycles. The predicted octanol–water partition coefficient (Wildman–Crippen LogP) is 4.90. The zero-order valence-electron chi connectivity index (χ0n) is 11.7. The van der Waals surface area contributed by atoms with Gasteiger partial charge < -0.3 is 10.6 Å². The van der Waals surface area contributed by atoms with Gasteiger partial charge in [-0.1, -0.05) is 30.3 Å². The summed E-state index contributed by atoms with van der Waals surface area (Å²) >= 11 is 0. The van der Waals surface area contributed by atoms with Crippen LogP contribution >= 0.6 is 0 Å². The summed E-state index contributed by atoms with van der Waals surface area (Å²) in [7, 11) is 0. The molecule has 23 heavy (non-hydrogen) atoms. The Labute approximate surface area is 129 Å². The first-order valence-electron chi connectivity index (χ1n) is 6.75. The number of rotatable bonds is 2. The minimum Gasteiger partial charge on any atom is -0.308 e. The molecular formula is C17H11F3N2O. The molecule has 0 unspecified atom stereocenters. The molecular weight excluding hydrogens is 305 g/mol. The molecule has 6 heteroatoms. The number of anilines is 2. The van der Waals surface area contributed by atoms with E-state index in [9.17, 15) is 18.0 Å². The molecule has 3 rings (SSSR count). The number of halogens is 3. The van der Waals surface area contributed by atoms with E-state index < -0.39 is 29.2 Å². The van der Waals surface area contributed by atoms with Crippen molar-refractivity contribution >= 4 is 28.2 Å². The quantitative estimate of drug-likeness (QED) is 0.649. The van der Waals surface area contributed by atoms with Crippen LogP contribution in [0.4, 0.5) is 29.3 Å². The molecule has 0 spiro atoms. The lowest BCUT2D eigenvalue weighted by Gasteiger charge is -2.09. The molecule has 0 aromatic heterocycles. The molecule has 3 nitrogen and oxygen atoms in total. The van der Waals surface area contributed by atoms with Gasteiger partial charge in [-0.05, 0) is 35.0 Å². The molecule has 0 saturated carbocycles. The molecule has 0 radical (unpaired) electrons. The van der Waals surface area contributed by atoms with Crippen LogP contribution in [0.1, 0.15) is 0 Å². The van der Waals surface area contributed by atoms with Crippen molar-refractivity contribution in [3.63, 3.8) is 0 Å². The van der Waals surface area contributed by atoms with Crippen molar-refractivity contribution in [3.05, 3.63) is 72.0 Å². The summed E-state index contributed by atoms with van der Waals surface area (Å²) in [5.41, 5.74) is 0.0476. The predicted molar refractivity (Wildman–Crippen MR) is 82.9 cm³/mol. The average molecular weight is 316 g/mol. The van der Waals surface area contributed by atoms with Gasteiger partial charge in [-0.2, -0.15) is 0 Å². The van der Waals surface area contributed by atoms with Crippen LogP contribution in [0, 0.1) is 17.5 Å². The van der Waals surface area contributed by atoms with Gasteiger partial charge in [0.15, 0.2) is 17.5 Å². The number of nitrogens with one attached hydrogen (secondary N) is 2. The Kier molecular flexibility index (Phi) is 3.89. The summed E-state index contributed by atoms with van der Waals surface area (Å²) in [6.07, 6.45) is 0. The van der Waals surface area contributed by atoms with Gasteiger partial charge in [-0.3, -0.25) is 0 Å². The average Bonchev–Trinajstić information content (AvgIpc) is 2.55. The van der Waals surface area contributed by atoms with Gasteiger partial charge in [-0.25, -0.2) is 18.0 Å². The van der Waals surface area contributed by atoms with E-state index in [2.05, 4.69) is 10.6 Å². The zero-order valence-corrected chi connectivity index (χ0v) is 11.7. The van der Waals surface area contributed by atoms with E-state index in [0.29, 0.717) is 5.69 Å². The Morgan fingerprint density at radius 2 is 1.52 bits per heavy atom. The summed E-state index contributed by atoms with van der Waals surface area (Å²) in [4.78, 5) is 11.9. The fourth-order valence-corrected chi connectivity index (χ4v) is 2.17. The third kappa shape index (κ3) is 3.11. The van der Waals surface area contributed by atoms with Crippen LogP contribution in [-0.2, 0) is 0 Å². The zero-order chi connectivity index (χ0) is 16.4. The van der Waals surface area contributed by atoms with E-state index >= 15 is 0 Å². The number of urea groups is 1. The number of fused-ring (bicyclic) bond motifs is 1. The first-order valence-corrected chi connectivity index (χ1v) is 6.75. The molecule has 0 atom stereocenters. The first-order chi connectivity index (χ1) is 11.0. The van der Waals surface area contributed by atoms with Gasteiger partial charge in [0.1, 0.15) is 0 Å². The van der Waals surface area contributed by atoms with Crippen LogP contribution in [-0.4, -0.2) is 6.03 Å². The Balaban J connectivity index is 1.77. The fraction of sp³-hybridized carbons (Fsp3) is 0. The highest BCUT2D eigenvalue weighted by atomic mass is 19.2. The van der Waals surface area contributed by atoms with E-state index in [1.807, 2.05) is 30.3 Å². The minimum atomic E-state index is -1.63. The molecule has 0 bridgehead atoms. The lowest BCUT2D eigenvalue weighted by atomic mass is 10.1. The molecule has 2 N–H and O–H groups in total. The van der Waals surface area contributed by atoms with Crippen LogP contribution in [0.3, 0.4) is 0 Å². The second kappa shape index (κ2) is 6.00. The summed E-state index contributed by atoms with van der Waals surface area (Å²) in [5, 5.41) is 6.58. The Morgan fingerprint density at radius 1 is 0.783 bits per heavy atom. The van der Waals surface area contributed by atoms with Crippen LogP contribution < -0.4 is 10.6 Å². The van der Waals surface area contributed by atoms with Crippen molar-refractivity contribution in [1.82, 2.24) is 0 Å². The highest BCUT2D eigenvalue weighted by molar-refractivity contribution is 6.01. The van der Waals surface area contributed by atoms with Gasteiger partial charge in [0.05, 0.1) is 5.69 Å². The van der Waals surface area contributed by atoms with Crippen LogP contribution in [0.2, 0.25) is 0 Å². The SMILES string of the molecule is O=C(Nc1ccc2ccccc2c1)Nc1ccc(F)c(F)c1F. The van der Waals surface area contributed by atoms with Gasteiger partial charge in [0.2, 0.25) is 0 Å². The highest BCUT2D eigenvalue weighted by Crippen LogP contribution is 2.21. The van der Waals surface area contributed by atoms with E-state index in [1.165, 1.54) is 0 Å². The first kappa shape index (κ1) is 14.9. The lowest BCUT2D eigenvalue weighted by molar-refractivity contribution is 0.262. The third-order valence-electron chi connectivity index (χ3n) is 3.29. The van der Waals surface area contributed by atoms with Crippen molar-refractivity contribution in [2.45, 2.75) is 0 Å². The van der Waals surface area contributed by atoms with Crippen molar-refractivity contribution in [3.8, 4) is 0 Å². The second-order valence-corrected chi connectivity index (χ2v) is 4.86. The van der Waals surface area contributed by atoms with Crippen molar-refractivity contribution in [1.29, 1.82) is 0 Å². The molecule has 2 amide bonds. The number of carbonyl (C=O) groups is 1. The molecule has 3 aromatic carbocycles.